The van der Waals surface area contributed by atoms with Gasteiger partial charge < -0.3 is 20.9 Å². The number of aromatic nitrogens is 3. The third kappa shape index (κ3) is 4.15. The second-order valence-corrected chi connectivity index (χ2v) is 7.24. The highest BCUT2D eigenvalue weighted by Crippen LogP contribution is 2.29. The van der Waals surface area contributed by atoms with Crippen LogP contribution in [0, 0.1) is 0 Å². The average molecular weight is 414 g/mol. The Balaban J connectivity index is 1.64. The molecule has 4 N–H and O–H groups in total. The van der Waals surface area contributed by atoms with E-state index >= 15 is 0 Å². The van der Waals surface area contributed by atoms with Gasteiger partial charge in [-0.1, -0.05) is 41.6 Å². The standard InChI is InChI=1S/C23H22N6O2/c1-29(2)23(30)17-9-7-16(8-10-17)19-13-26-22(25)21(27-19)20-11-18(28-31-20)15-5-3-14(12-24)4-6-15/h3-11,13H,12,24H2,1-2H3,(H2,25,26). The molecule has 4 rings (SSSR count). The monoisotopic (exact) mass is 414 g/mol. The van der Waals surface area contributed by atoms with Crippen LogP contribution >= 0.6 is 0 Å². The molecule has 0 saturated carbocycles. The quantitative estimate of drug-likeness (QED) is 0.514. The number of nitrogen functional groups attached to an aromatic ring is 1. The van der Waals surface area contributed by atoms with E-state index in [9.17, 15) is 4.79 Å². The summed E-state index contributed by atoms with van der Waals surface area (Å²) in [7, 11) is 3.43. The Bertz CT molecular complexity index is 1210. The first-order valence-corrected chi connectivity index (χ1v) is 9.67. The van der Waals surface area contributed by atoms with Crippen molar-refractivity contribution in [3.05, 3.63) is 71.9 Å². The Morgan fingerprint density at radius 3 is 2.29 bits per heavy atom. The third-order valence-corrected chi connectivity index (χ3v) is 4.86. The maximum Gasteiger partial charge on any atom is 0.253 e. The predicted molar refractivity (Wildman–Crippen MR) is 119 cm³/mol. The summed E-state index contributed by atoms with van der Waals surface area (Å²) < 4.78 is 5.50. The van der Waals surface area contributed by atoms with Gasteiger partial charge in [0.2, 0.25) is 0 Å². The first-order chi connectivity index (χ1) is 15.0. The molecule has 2 aromatic heterocycles. The van der Waals surface area contributed by atoms with Gasteiger partial charge >= 0.3 is 0 Å². The van der Waals surface area contributed by atoms with Crippen LogP contribution < -0.4 is 11.5 Å². The molecule has 0 aliphatic rings. The summed E-state index contributed by atoms with van der Waals surface area (Å²) in [6, 6.07) is 16.7. The van der Waals surface area contributed by atoms with Gasteiger partial charge in [-0.15, -0.1) is 0 Å². The summed E-state index contributed by atoms with van der Waals surface area (Å²) in [5.41, 5.74) is 16.7. The summed E-state index contributed by atoms with van der Waals surface area (Å²) in [4.78, 5) is 22.5. The zero-order chi connectivity index (χ0) is 22.0. The van der Waals surface area contributed by atoms with Gasteiger partial charge in [-0.2, -0.15) is 0 Å². The topological polar surface area (TPSA) is 124 Å². The molecular weight excluding hydrogens is 392 g/mol. The molecule has 0 bridgehead atoms. The van der Waals surface area contributed by atoms with Crippen molar-refractivity contribution in [2.75, 3.05) is 19.8 Å². The van der Waals surface area contributed by atoms with Gasteiger partial charge in [-0.05, 0) is 17.7 Å². The van der Waals surface area contributed by atoms with Crippen molar-refractivity contribution in [2.24, 2.45) is 5.73 Å². The smallest absolute Gasteiger partial charge is 0.253 e. The summed E-state index contributed by atoms with van der Waals surface area (Å²) in [5.74, 6) is 0.595. The van der Waals surface area contributed by atoms with Crippen LogP contribution in [0.5, 0.6) is 0 Å². The van der Waals surface area contributed by atoms with Gasteiger partial charge in [-0.3, -0.25) is 4.79 Å². The highest BCUT2D eigenvalue weighted by Gasteiger charge is 2.16. The van der Waals surface area contributed by atoms with E-state index in [0.717, 1.165) is 16.7 Å². The third-order valence-electron chi connectivity index (χ3n) is 4.86. The van der Waals surface area contributed by atoms with Crippen molar-refractivity contribution in [2.45, 2.75) is 6.54 Å². The van der Waals surface area contributed by atoms with Crippen LogP contribution in [0.2, 0.25) is 0 Å². The Hall–Kier alpha value is -4.04. The molecule has 0 saturated heterocycles. The Morgan fingerprint density at radius 1 is 1.00 bits per heavy atom. The molecule has 0 unspecified atom stereocenters. The number of hydrogen-bond acceptors (Lipinski definition) is 7. The lowest BCUT2D eigenvalue weighted by Gasteiger charge is -2.10. The van der Waals surface area contributed by atoms with Crippen LogP contribution in [0.1, 0.15) is 15.9 Å². The zero-order valence-corrected chi connectivity index (χ0v) is 17.2. The SMILES string of the molecule is CN(C)C(=O)c1ccc(-c2cnc(N)c(-c3cc(-c4ccc(CN)cc4)no3)n2)cc1. The van der Waals surface area contributed by atoms with Crippen molar-refractivity contribution >= 4 is 11.7 Å². The Morgan fingerprint density at radius 2 is 1.65 bits per heavy atom. The largest absolute Gasteiger partial charge is 0.382 e. The molecule has 2 heterocycles. The second kappa shape index (κ2) is 8.37. The number of amides is 1. The summed E-state index contributed by atoms with van der Waals surface area (Å²) >= 11 is 0. The fourth-order valence-electron chi connectivity index (χ4n) is 3.10. The maximum atomic E-state index is 12.1. The average Bonchev–Trinajstić information content (AvgIpc) is 3.29. The summed E-state index contributed by atoms with van der Waals surface area (Å²) in [5, 5.41) is 4.14. The highest BCUT2D eigenvalue weighted by atomic mass is 16.5. The van der Waals surface area contributed by atoms with Crippen molar-refractivity contribution in [3.63, 3.8) is 0 Å². The minimum atomic E-state index is -0.0654. The summed E-state index contributed by atoms with van der Waals surface area (Å²) in [6.07, 6.45) is 1.59. The molecule has 8 heteroatoms. The fourth-order valence-corrected chi connectivity index (χ4v) is 3.10. The molecule has 0 atom stereocenters. The lowest BCUT2D eigenvalue weighted by molar-refractivity contribution is 0.0827. The molecule has 4 aromatic rings. The number of rotatable bonds is 5. The van der Waals surface area contributed by atoms with Crippen LogP contribution in [0.4, 0.5) is 5.82 Å². The number of nitrogens with two attached hydrogens (primary N) is 2. The zero-order valence-electron chi connectivity index (χ0n) is 17.2. The number of nitrogens with zero attached hydrogens (tertiary/aromatic N) is 4. The van der Waals surface area contributed by atoms with Gasteiger partial charge in [-0.25, -0.2) is 9.97 Å². The number of carbonyl (C=O) groups excluding carboxylic acids is 1. The molecule has 0 aliphatic heterocycles. The number of carbonyl (C=O) groups is 1. The second-order valence-electron chi connectivity index (χ2n) is 7.24. The lowest BCUT2D eigenvalue weighted by atomic mass is 10.1. The van der Waals surface area contributed by atoms with E-state index in [-0.39, 0.29) is 11.7 Å². The first-order valence-electron chi connectivity index (χ1n) is 9.67. The molecule has 0 aliphatic carbocycles. The van der Waals surface area contributed by atoms with Gasteiger partial charge in [0, 0.05) is 43.4 Å². The van der Waals surface area contributed by atoms with Crippen molar-refractivity contribution in [3.8, 4) is 34.0 Å². The first kappa shape index (κ1) is 20.2. The fraction of sp³-hybridized carbons (Fsp3) is 0.130. The van der Waals surface area contributed by atoms with E-state index in [1.54, 1.807) is 38.5 Å². The highest BCUT2D eigenvalue weighted by molar-refractivity contribution is 5.94. The van der Waals surface area contributed by atoms with Gasteiger partial charge in [0.15, 0.2) is 17.3 Å². The number of hydrogen-bond donors (Lipinski definition) is 2. The molecule has 156 valence electrons. The van der Waals surface area contributed by atoms with Crippen LogP contribution in [0.25, 0.3) is 34.0 Å². The van der Waals surface area contributed by atoms with E-state index < -0.39 is 0 Å². The van der Waals surface area contributed by atoms with Crippen molar-refractivity contribution in [1.29, 1.82) is 0 Å². The Labute approximate surface area is 179 Å². The molecule has 31 heavy (non-hydrogen) atoms. The summed E-state index contributed by atoms with van der Waals surface area (Å²) in [6.45, 7) is 0.480. The van der Waals surface area contributed by atoms with Gasteiger partial charge in [0.1, 0.15) is 5.69 Å². The van der Waals surface area contributed by atoms with Gasteiger partial charge in [0.25, 0.3) is 5.91 Å². The predicted octanol–water partition coefficient (Wildman–Crippen LogP) is 3.21. The minimum absolute atomic E-state index is 0.0654. The normalized spacial score (nSPS) is 10.8. The van der Waals surface area contributed by atoms with Crippen molar-refractivity contribution < 1.29 is 9.32 Å². The molecule has 1 amide bonds. The van der Waals surface area contributed by atoms with E-state index in [2.05, 4.69) is 15.1 Å². The lowest BCUT2D eigenvalue weighted by Crippen LogP contribution is -2.21. The minimum Gasteiger partial charge on any atom is -0.382 e. The van der Waals surface area contributed by atoms with E-state index in [4.69, 9.17) is 16.0 Å². The van der Waals surface area contributed by atoms with E-state index in [0.29, 0.717) is 35.0 Å². The van der Waals surface area contributed by atoms with E-state index in [1.807, 2.05) is 36.4 Å². The number of benzene rings is 2. The Kier molecular flexibility index (Phi) is 5.46. The van der Waals surface area contributed by atoms with Gasteiger partial charge in [0.05, 0.1) is 11.9 Å². The molecule has 0 fully saturated rings. The van der Waals surface area contributed by atoms with Crippen LogP contribution in [-0.4, -0.2) is 40.0 Å². The molecule has 0 spiro atoms. The molecule has 2 aromatic carbocycles. The molecule has 8 nitrogen and oxygen atoms in total. The van der Waals surface area contributed by atoms with Crippen LogP contribution in [0.15, 0.2) is 65.3 Å². The van der Waals surface area contributed by atoms with Crippen molar-refractivity contribution in [1.82, 2.24) is 20.0 Å². The van der Waals surface area contributed by atoms with E-state index in [1.165, 1.54) is 4.90 Å². The van der Waals surface area contributed by atoms with Crippen LogP contribution in [0.3, 0.4) is 0 Å². The maximum absolute atomic E-state index is 12.1. The van der Waals surface area contributed by atoms with Crippen LogP contribution in [-0.2, 0) is 6.54 Å². The molecular formula is C23H22N6O2. The molecule has 0 radical (unpaired) electrons. The number of anilines is 1.